The van der Waals surface area contributed by atoms with Gasteiger partial charge in [0.05, 0.1) is 12.4 Å². The average Bonchev–Trinajstić information content (AvgIpc) is 2.39. The Morgan fingerprint density at radius 3 is 2.62 bits per heavy atom. The van der Waals surface area contributed by atoms with Crippen molar-refractivity contribution in [3.8, 4) is 0 Å². The second-order valence-electron chi connectivity index (χ2n) is 4.74. The number of fused-ring (bicyclic) bond motifs is 2. The van der Waals surface area contributed by atoms with Crippen molar-refractivity contribution in [1.29, 1.82) is 0 Å². The zero-order valence-electron chi connectivity index (χ0n) is 9.67. The van der Waals surface area contributed by atoms with Gasteiger partial charge in [-0.05, 0) is 26.3 Å². The van der Waals surface area contributed by atoms with Crippen molar-refractivity contribution in [2.45, 2.75) is 31.3 Å². The lowest BCUT2D eigenvalue weighted by Crippen LogP contribution is -2.41. The molecule has 0 aromatic heterocycles. The first-order valence-electron chi connectivity index (χ1n) is 5.85. The summed E-state index contributed by atoms with van der Waals surface area (Å²) in [6.45, 7) is 0.909. The molecule has 16 heavy (non-hydrogen) atoms. The molecular formula is C10H20N2O3S. The Balaban J connectivity index is 2.09. The number of hydrogen-bond acceptors (Lipinski definition) is 4. The molecule has 2 fully saturated rings. The number of aliphatic hydroxyl groups excluding tert-OH is 1. The minimum Gasteiger partial charge on any atom is -0.395 e. The van der Waals surface area contributed by atoms with Crippen molar-refractivity contribution in [3.05, 3.63) is 0 Å². The number of rotatable bonds is 3. The van der Waals surface area contributed by atoms with Crippen LogP contribution in [0, 0.1) is 0 Å². The highest BCUT2D eigenvalue weighted by atomic mass is 32.2. The van der Waals surface area contributed by atoms with E-state index in [-0.39, 0.29) is 12.4 Å². The van der Waals surface area contributed by atoms with Gasteiger partial charge in [-0.1, -0.05) is 0 Å². The van der Waals surface area contributed by atoms with E-state index in [2.05, 4.69) is 11.9 Å². The summed E-state index contributed by atoms with van der Waals surface area (Å²) in [6, 6.07) is 0.903. The smallest absolute Gasteiger partial charge is 0.216 e. The molecule has 0 amide bonds. The lowest BCUT2D eigenvalue weighted by Gasteiger charge is -2.24. The summed E-state index contributed by atoms with van der Waals surface area (Å²) in [5.41, 5.74) is 0. The molecule has 0 spiro atoms. The molecule has 5 nitrogen and oxygen atoms in total. The van der Waals surface area contributed by atoms with Crippen LogP contribution in [0.5, 0.6) is 0 Å². The Kier molecular flexibility index (Phi) is 3.53. The summed E-state index contributed by atoms with van der Waals surface area (Å²) in [5, 5.41) is 8.77. The molecule has 2 aliphatic heterocycles. The fourth-order valence-corrected chi connectivity index (χ4v) is 4.05. The maximum Gasteiger partial charge on any atom is 0.216 e. The van der Waals surface area contributed by atoms with E-state index in [0.29, 0.717) is 25.2 Å². The maximum atomic E-state index is 11.9. The van der Waals surface area contributed by atoms with Gasteiger partial charge in [-0.3, -0.25) is 4.90 Å². The Hall–Kier alpha value is -0.170. The largest absolute Gasteiger partial charge is 0.395 e. The minimum atomic E-state index is -3.25. The van der Waals surface area contributed by atoms with Crippen LogP contribution >= 0.6 is 0 Å². The van der Waals surface area contributed by atoms with E-state index < -0.39 is 10.0 Å². The van der Waals surface area contributed by atoms with Gasteiger partial charge in [0, 0.05) is 25.2 Å². The molecule has 2 unspecified atom stereocenters. The van der Waals surface area contributed by atoms with Crippen molar-refractivity contribution in [3.63, 3.8) is 0 Å². The number of sulfonamides is 1. The van der Waals surface area contributed by atoms with Crippen molar-refractivity contribution in [2.24, 2.45) is 0 Å². The third-order valence-electron chi connectivity index (χ3n) is 3.85. The first-order chi connectivity index (χ1) is 7.54. The standard InChI is InChI=1S/C10H20N2O3S/c1-11-9-2-3-10(11)8-12(5-4-9)16(14,15)7-6-13/h9-10,13H,2-8H2,1H3. The number of nitrogens with zero attached hydrogens (tertiary/aromatic N) is 2. The van der Waals surface area contributed by atoms with Gasteiger partial charge < -0.3 is 5.11 Å². The molecule has 0 aromatic carbocycles. The van der Waals surface area contributed by atoms with E-state index in [4.69, 9.17) is 5.11 Å². The van der Waals surface area contributed by atoms with Crippen LogP contribution in [0.3, 0.4) is 0 Å². The summed E-state index contributed by atoms with van der Waals surface area (Å²) in [7, 11) is -1.16. The quantitative estimate of drug-likeness (QED) is 0.730. The molecule has 2 heterocycles. The fourth-order valence-electron chi connectivity index (χ4n) is 2.77. The highest BCUT2D eigenvalue weighted by Crippen LogP contribution is 2.29. The molecule has 2 saturated heterocycles. The predicted octanol–water partition coefficient (Wildman–Crippen LogP) is -0.523. The molecule has 0 saturated carbocycles. The van der Waals surface area contributed by atoms with Crippen LogP contribution in [0.15, 0.2) is 0 Å². The molecule has 2 atom stereocenters. The molecule has 0 aromatic rings. The van der Waals surface area contributed by atoms with Crippen LogP contribution in [0.2, 0.25) is 0 Å². The molecule has 2 rings (SSSR count). The van der Waals surface area contributed by atoms with E-state index in [1.807, 2.05) is 0 Å². The topological polar surface area (TPSA) is 60.9 Å². The lowest BCUT2D eigenvalue weighted by molar-refractivity contribution is 0.246. The predicted molar refractivity (Wildman–Crippen MR) is 61.6 cm³/mol. The van der Waals surface area contributed by atoms with Crippen molar-refractivity contribution < 1.29 is 13.5 Å². The molecule has 0 aliphatic carbocycles. The average molecular weight is 248 g/mol. The number of aliphatic hydroxyl groups is 1. The molecule has 6 heteroatoms. The highest BCUT2D eigenvalue weighted by Gasteiger charge is 2.37. The number of likely N-dealkylation sites (N-methyl/N-ethyl adjacent to an activating group) is 1. The normalized spacial score (nSPS) is 32.9. The van der Waals surface area contributed by atoms with Crippen molar-refractivity contribution in [1.82, 2.24) is 9.21 Å². The highest BCUT2D eigenvalue weighted by molar-refractivity contribution is 7.89. The molecule has 2 aliphatic rings. The van der Waals surface area contributed by atoms with Crippen LogP contribution in [0.4, 0.5) is 0 Å². The van der Waals surface area contributed by atoms with Crippen LogP contribution < -0.4 is 0 Å². The second-order valence-corrected chi connectivity index (χ2v) is 6.83. The van der Waals surface area contributed by atoms with Gasteiger partial charge in [0.2, 0.25) is 10.0 Å². The third kappa shape index (κ3) is 2.25. The van der Waals surface area contributed by atoms with Crippen molar-refractivity contribution >= 4 is 10.0 Å². The van der Waals surface area contributed by atoms with Gasteiger partial charge in [-0.2, -0.15) is 0 Å². The SMILES string of the molecule is CN1C2CCC1CN(S(=O)(=O)CCO)CC2. The van der Waals surface area contributed by atoms with E-state index in [9.17, 15) is 8.42 Å². The van der Waals surface area contributed by atoms with Gasteiger partial charge in [-0.25, -0.2) is 12.7 Å². The van der Waals surface area contributed by atoms with Crippen LogP contribution in [0.1, 0.15) is 19.3 Å². The molecule has 1 N–H and O–H groups in total. The Labute approximate surface area is 97.1 Å². The third-order valence-corrected chi connectivity index (χ3v) is 5.67. The summed E-state index contributed by atoms with van der Waals surface area (Å²) in [6.07, 6.45) is 3.19. The summed E-state index contributed by atoms with van der Waals surface area (Å²) < 4.78 is 25.3. The van der Waals surface area contributed by atoms with E-state index >= 15 is 0 Å². The monoisotopic (exact) mass is 248 g/mol. The van der Waals surface area contributed by atoms with Gasteiger partial charge in [0.15, 0.2) is 0 Å². The molecular weight excluding hydrogens is 228 g/mol. The molecule has 0 radical (unpaired) electrons. The lowest BCUT2D eigenvalue weighted by atomic mass is 10.1. The van der Waals surface area contributed by atoms with Gasteiger partial charge >= 0.3 is 0 Å². The second kappa shape index (κ2) is 4.60. The summed E-state index contributed by atoms with van der Waals surface area (Å²) in [5.74, 6) is -0.145. The Morgan fingerprint density at radius 2 is 1.94 bits per heavy atom. The first kappa shape index (κ1) is 12.3. The maximum absolute atomic E-state index is 11.9. The Bertz CT molecular complexity index is 344. The van der Waals surface area contributed by atoms with E-state index in [1.54, 1.807) is 4.31 Å². The van der Waals surface area contributed by atoms with E-state index in [1.165, 1.54) is 6.42 Å². The first-order valence-corrected chi connectivity index (χ1v) is 7.46. The zero-order chi connectivity index (χ0) is 11.8. The van der Waals surface area contributed by atoms with Gasteiger partial charge in [0.25, 0.3) is 0 Å². The van der Waals surface area contributed by atoms with E-state index in [0.717, 1.165) is 12.8 Å². The van der Waals surface area contributed by atoms with Crippen molar-refractivity contribution in [2.75, 3.05) is 32.5 Å². The zero-order valence-corrected chi connectivity index (χ0v) is 10.5. The van der Waals surface area contributed by atoms with Gasteiger partial charge in [-0.15, -0.1) is 0 Å². The fraction of sp³-hybridized carbons (Fsp3) is 1.00. The number of hydrogen-bond donors (Lipinski definition) is 1. The van der Waals surface area contributed by atoms with Gasteiger partial charge in [0.1, 0.15) is 0 Å². The molecule has 2 bridgehead atoms. The van der Waals surface area contributed by atoms with Crippen LogP contribution in [-0.4, -0.2) is 67.3 Å². The Morgan fingerprint density at radius 1 is 1.25 bits per heavy atom. The minimum absolute atomic E-state index is 0.145. The summed E-state index contributed by atoms with van der Waals surface area (Å²) >= 11 is 0. The summed E-state index contributed by atoms with van der Waals surface area (Å²) in [4.78, 5) is 2.31. The van der Waals surface area contributed by atoms with Crippen LogP contribution in [0.25, 0.3) is 0 Å². The molecule has 94 valence electrons. The van der Waals surface area contributed by atoms with Crippen LogP contribution in [-0.2, 0) is 10.0 Å².